The summed E-state index contributed by atoms with van der Waals surface area (Å²) in [6, 6.07) is 0. The number of hydrogen-bond acceptors (Lipinski definition) is 5. The topological polar surface area (TPSA) is 60.2 Å². The summed E-state index contributed by atoms with van der Waals surface area (Å²) in [6.45, 7) is 3.43. The highest BCUT2D eigenvalue weighted by molar-refractivity contribution is 4.73. The molecule has 0 aliphatic carbocycles. The average Bonchev–Trinajstić information content (AvgIpc) is 2.72. The number of ether oxygens (including phenoxy) is 1. The molecule has 2 rings (SSSR count). The van der Waals surface area contributed by atoms with Crippen LogP contribution in [-0.2, 0) is 11.3 Å². The van der Waals surface area contributed by atoms with E-state index in [1.54, 1.807) is 0 Å². The van der Waals surface area contributed by atoms with E-state index in [1.165, 1.54) is 19.2 Å². The van der Waals surface area contributed by atoms with E-state index in [9.17, 15) is 0 Å². The van der Waals surface area contributed by atoms with Crippen molar-refractivity contribution < 1.29 is 9.26 Å². The average molecular weight is 197 g/mol. The summed E-state index contributed by atoms with van der Waals surface area (Å²) in [5, 5.41) is 7.02. The van der Waals surface area contributed by atoms with Crippen LogP contribution in [0.2, 0.25) is 0 Å². The molecule has 5 nitrogen and oxygen atoms in total. The first-order chi connectivity index (χ1) is 6.95. The molecular weight excluding hydrogens is 182 g/mol. The molecule has 0 spiro atoms. The Morgan fingerprint density at radius 3 is 3.36 bits per heavy atom. The smallest absolute Gasteiger partial charge is 0.213 e. The van der Waals surface area contributed by atoms with Crippen LogP contribution < -0.4 is 5.32 Å². The van der Waals surface area contributed by atoms with Crippen LogP contribution in [0.5, 0.6) is 0 Å². The summed E-state index contributed by atoms with van der Waals surface area (Å²) in [6.07, 6.45) is 3.82. The number of nitrogens with one attached hydrogen (secondary N) is 1. The van der Waals surface area contributed by atoms with E-state index >= 15 is 0 Å². The van der Waals surface area contributed by atoms with Crippen LogP contribution in [0, 0.1) is 5.92 Å². The Kier molecular flexibility index (Phi) is 3.48. The number of rotatable bonds is 4. The Balaban J connectivity index is 1.62. The van der Waals surface area contributed by atoms with E-state index in [2.05, 4.69) is 20.0 Å². The lowest BCUT2D eigenvalue weighted by molar-refractivity contribution is 0.0730. The van der Waals surface area contributed by atoms with Gasteiger partial charge >= 0.3 is 0 Å². The minimum Gasteiger partial charge on any atom is -0.373 e. The molecule has 1 saturated heterocycles. The van der Waals surface area contributed by atoms with Crippen LogP contribution >= 0.6 is 0 Å². The van der Waals surface area contributed by atoms with Gasteiger partial charge < -0.3 is 14.6 Å². The van der Waals surface area contributed by atoms with Crippen molar-refractivity contribution in [1.82, 2.24) is 15.5 Å². The van der Waals surface area contributed by atoms with Gasteiger partial charge in [0.25, 0.3) is 0 Å². The molecule has 1 N–H and O–H groups in total. The van der Waals surface area contributed by atoms with Crippen LogP contribution in [0.3, 0.4) is 0 Å². The van der Waals surface area contributed by atoms with Gasteiger partial charge in [-0.1, -0.05) is 5.16 Å². The molecule has 0 amide bonds. The maximum atomic E-state index is 5.49. The molecule has 0 aromatic carbocycles. The summed E-state index contributed by atoms with van der Waals surface area (Å²) in [5.41, 5.74) is 0. The number of nitrogens with zero attached hydrogens (tertiary/aromatic N) is 2. The summed E-state index contributed by atoms with van der Waals surface area (Å²) in [7, 11) is 0. The first-order valence-electron chi connectivity index (χ1n) is 4.99. The van der Waals surface area contributed by atoms with Crippen molar-refractivity contribution in [1.29, 1.82) is 0 Å². The van der Waals surface area contributed by atoms with Crippen molar-refractivity contribution in [3.05, 3.63) is 12.2 Å². The highest BCUT2D eigenvalue weighted by Crippen LogP contribution is 2.10. The standard InChI is InChI=1S/C9H15N3O2/c1-2-8(4-10-3-1)5-13-6-9-11-7-14-12-9/h7-8,10H,1-6H2. The van der Waals surface area contributed by atoms with Gasteiger partial charge in [0.2, 0.25) is 6.39 Å². The molecule has 0 radical (unpaired) electrons. The molecule has 1 unspecified atom stereocenters. The molecule has 0 bridgehead atoms. The van der Waals surface area contributed by atoms with Crippen LogP contribution in [-0.4, -0.2) is 29.8 Å². The fraction of sp³-hybridized carbons (Fsp3) is 0.778. The maximum Gasteiger partial charge on any atom is 0.213 e. The largest absolute Gasteiger partial charge is 0.373 e. The monoisotopic (exact) mass is 197 g/mol. The van der Waals surface area contributed by atoms with Gasteiger partial charge in [0.05, 0.1) is 6.61 Å². The Bertz CT molecular complexity index is 245. The first kappa shape index (κ1) is 9.61. The lowest BCUT2D eigenvalue weighted by atomic mass is 10.0. The second-order valence-electron chi connectivity index (χ2n) is 3.57. The molecule has 14 heavy (non-hydrogen) atoms. The molecule has 2 heterocycles. The van der Waals surface area contributed by atoms with E-state index in [0.29, 0.717) is 18.3 Å². The first-order valence-corrected chi connectivity index (χ1v) is 4.99. The minimum absolute atomic E-state index is 0.451. The predicted molar refractivity (Wildman–Crippen MR) is 49.5 cm³/mol. The van der Waals surface area contributed by atoms with Crippen LogP contribution in [0.1, 0.15) is 18.7 Å². The second-order valence-corrected chi connectivity index (χ2v) is 3.57. The Hall–Kier alpha value is -0.940. The zero-order valence-corrected chi connectivity index (χ0v) is 8.11. The molecule has 1 atom stereocenters. The lowest BCUT2D eigenvalue weighted by Gasteiger charge is -2.22. The molecule has 1 aromatic rings. The van der Waals surface area contributed by atoms with Crippen LogP contribution in [0.15, 0.2) is 10.9 Å². The fourth-order valence-electron chi connectivity index (χ4n) is 1.64. The Morgan fingerprint density at radius 1 is 1.64 bits per heavy atom. The third kappa shape index (κ3) is 2.78. The molecule has 1 aliphatic rings. The highest BCUT2D eigenvalue weighted by atomic mass is 16.5. The zero-order valence-electron chi connectivity index (χ0n) is 8.11. The summed E-state index contributed by atoms with van der Waals surface area (Å²) >= 11 is 0. The maximum absolute atomic E-state index is 5.49. The van der Waals surface area contributed by atoms with Gasteiger partial charge in [0, 0.05) is 6.54 Å². The van der Waals surface area contributed by atoms with E-state index in [0.717, 1.165) is 19.7 Å². The summed E-state index contributed by atoms with van der Waals surface area (Å²) < 4.78 is 10.1. The molecule has 0 saturated carbocycles. The van der Waals surface area contributed by atoms with Gasteiger partial charge in [0.1, 0.15) is 6.61 Å². The van der Waals surface area contributed by atoms with Crippen molar-refractivity contribution in [2.75, 3.05) is 19.7 Å². The van der Waals surface area contributed by atoms with Gasteiger partial charge in [-0.2, -0.15) is 4.98 Å². The fourth-order valence-corrected chi connectivity index (χ4v) is 1.64. The van der Waals surface area contributed by atoms with Gasteiger partial charge in [-0.15, -0.1) is 0 Å². The molecule has 5 heteroatoms. The van der Waals surface area contributed by atoms with E-state index in [4.69, 9.17) is 4.74 Å². The van der Waals surface area contributed by atoms with Crippen molar-refractivity contribution in [2.24, 2.45) is 5.92 Å². The number of aromatic nitrogens is 2. The van der Waals surface area contributed by atoms with Crippen molar-refractivity contribution in [3.63, 3.8) is 0 Å². The van der Waals surface area contributed by atoms with Crippen molar-refractivity contribution >= 4 is 0 Å². The molecule has 1 aliphatic heterocycles. The number of hydrogen-bond donors (Lipinski definition) is 1. The molecule has 1 aromatic heterocycles. The zero-order chi connectivity index (χ0) is 9.64. The summed E-state index contributed by atoms with van der Waals surface area (Å²) in [5.74, 6) is 1.25. The van der Waals surface area contributed by atoms with Crippen LogP contribution in [0.4, 0.5) is 0 Å². The van der Waals surface area contributed by atoms with Gasteiger partial charge in [-0.3, -0.25) is 0 Å². The number of piperidine rings is 1. The second kappa shape index (κ2) is 5.07. The predicted octanol–water partition coefficient (Wildman–Crippen LogP) is 0.586. The lowest BCUT2D eigenvalue weighted by Crippen LogP contribution is -2.32. The van der Waals surface area contributed by atoms with Gasteiger partial charge in [-0.25, -0.2) is 0 Å². The van der Waals surface area contributed by atoms with E-state index in [-0.39, 0.29) is 0 Å². The van der Waals surface area contributed by atoms with E-state index < -0.39 is 0 Å². The molecule has 1 fully saturated rings. The quantitative estimate of drug-likeness (QED) is 0.765. The molecular formula is C9H15N3O2. The summed E-state index contributed by atoms with van der Waals surface area (Å²) in [4.78, 5) is 3.88. The Labute approximate surface area is 82.8 Å². The van der Waals surface area contributed by atoms with E-state index in [1.807, 2.05) is 0 Å². The molecule has 78 valence electrons. The minimum atomic E-state index is 0.451. The normalized spacial score (nSPS) is 22.4. The third-order valence-electron chi connectivity index (χ3n) is 2.39. The van der Waals surface area contributed by atoms with Gasteiger partial charge in [-0.05, 0) is 25.3 Å². The van der Waals surface area contributed by atoms with Crippen molar-refractivity contribution in [3.8, 4) is 0 Å². The SMILES string of the molecule is c1nc(COCC2CCCNC2)no1. The van der Waals surface area contributed by atoms with Gasteiger partial charge in [0.15, 0.2) is 5.82 Å². The third-order valence-corrected chi connectivity index (χ3v) is 2.39. The van der Waals surface area contributed by atoms with Crippen molar-refractivity contribution in [2.45, 2.75) is 19.4 Å². The van der Waals surface area contributed by atoms with Crippen LogP contribution in [0.25, 0.3) is 0 Å². The highest BCUT2D eigenvalue weighted by Gasteiger charge is 2.12. The Morgan fingerprint density at radius 2 is 2.64 bits per heavy atom.